The maximum atomic E-state index is 11.5. The van der Waals surface area contributed by atoms with Crippen LogP contribution < -0.4 is 11.1 Å². The zero-order chi connectivity index (χ0) is 13.8. The molecule has 0 amide bonds. The summed E-state index contributed by atoms with van der Waals surface area (Å²) in [6.45, 7) is 2.03. The number of esters is 1. The summed E-state index contributed by atoms with van der Waals surface area (Å²) in [6, 6.07) is 1.50. The van der Waals surface area contributed by atoms with Crippen LogP contribution in [-0.2, 0) is 11.3 Å². The van der Waals surface area contributed by atoms with Crippen LogP contribution in [-0.4, -0.2) is 28.2 Å². The summed E-state index contributed by atoms with van der Waals surface area (Å²) < 4.78 is 9.56. The van der Waals surface area contributed by atoms with Gasteiger partial charge >= 0.3 is 5.97 Å². The molecule has 0 spiro atoms. The minimum absolute atomic E-state index is 0.252. The van der Waals surface area contributed by atoms with Crippen molar-refractivity contribution in [3.8, 4) is 0 Å². The first-order valence-corrected chi connectivity index (χ1v) is 5.47. The van der Waals surface area contributed by atoms with Crippen LogP contribution in [0.2, 0.25) is 0 Å². The zero-order valence-electron chi connectivity index (χ0n) is 10.5. The van der Waals surface area contributed by atoms with Crippen molar-refractivity contribution >= 4 is 17.5 Å². The van der Waals surface area contributed by atoms with Gasteiger partial charge in [-0.3, -0.25) is 0 Å². The number of ether oxygens (including phenoxy) is 1. The maximum Gasteiger partial charge on any atom is 0.340 e. The number of anilines is 2. The van der Waals surface area contributed by atoms with Gasteiger partial charge in [0.15, 0.2) is 5.82 Å². The van der Waals surface area contributed by atoms with Crippen molar-refractivity contribution in [2.45, 2.75) is 13.5 Å². The topological polar surface area (TPSA) is 116 Å². The number of methoxy groups -OCH3 is 1. The summed E-state index contributed by atoms with van der Waals surface area (Å²) in [6.07, 6.45) is 1.38. The Morgan fingerprint density at radius 2 is 2.37 bits per heavy atom. The number of hydrogen-bond donors (Lipinski definition) is 2. The van der Waals surface area contributed by atoms with Crippen molar-refractivity contribution in [1.82, 2.24) is 15.1 Å². The summed E-state index contributed by atoms with van der Waals surface area (Å²) in [5.74, 6) is 0.926. The van der Waals surface area contributed by atoms with E-state index >= 15 is 0 Å². The molecule has 0 aliphatic rings. The van der Waals surface area contributed by atoms with E-state index in [0.717, 1.165) is 0 Å². The Labute approximate surface area is 109 Å². The highest BCUT2D eigenvalue weighted by molar-refractivity contribution is 5.95. The second kappa shape index (κ2) is 5.34. The Balaban J connectivity index is 2.10. The highest BCUT2D eigenvalue weighted by Gasteiger charge is 2.12. The first-order chi connectivity index (χ1) is 9.10. The third-order valence-electron chi connectivity index (χ3n) is 2.33. The number of rotatable bonds is 4. The molecule has 0 aliphatic carbocycles. The number of pyridine rings is 1. The Morgan fingerprint density at radius 3 is 3.00 bits per heavy atom. The molecule has 0 atom stereocenters. The molecule has 0 radical (unpaired) electrons. The Hall–Kier alpha value is -2.64. The molecule has 3 N–H and O–H groups in total. The minimum Gasteiger partial charge on any atom is -0.465 e. The molecule has 0 fully saturated rings. The Morgan fingerprint density at radius 1 is 1.58 bits per heavy atom. The van der Waals surface area contributed by atoms with E-state index in [0.29, 0.717) is 24.1 Å². The third-order valence-corrected chi connectivity index (χ3v) is 2.33. The normalized spacial score (nSPS) is 10.2. The number of hydrogen-bond acceptors (Lipinski definition) is 8. The molecule has 0 saturated carbocycles. The molecule has 8 heteroatoms. The van der Waals surface area contributed by atoms with Gasteiger partial charge in [-0.15, -0.1) is 0 Å². The van der Waals surface area contributed by atoms with Crippen LogP contribution in [0.1, 0.15) is 22.1 Å². The summed E-state index contributed by atoms with van der Waals surface area (Å²) >= 11 is 0. The average molecular weight is 263 g/mol. The molecule has 0 aromatic carbocycles. The van der Waals surface area contributed by atoms with E-state index in [1.807, 2.05) is 0 Å². The largest absolute Gasteiger partial charge is 0.465 e. The molecule has 2 aromatic heterocycles. The van der Waals surface area contributed by atoms with E-state index in [1.54, 1.807) is 6.92 Å². The fourth-order valence-corrected chi connectivity index (χ4v) is 1.43. The number of nitrogens with one attached hydrogen (secondary N) is 1. The second-order valence-electron chi connectivity index (χ2n) is 3.74. The SMILES string of the molecule is COC(=O)c1cc(NCc2nc(C)no2)ncc1N. The van der Waals surface area contributed by atoms with Gasteiger partial charge in [-0.2, -0.15) is 4.98 Å². The molecule has 0 saturated heterocycles. The van der Waals surface area contributed by atoms with E-state index in [4.69, 9.17) is 10.3 Å². The van der Waals surface area contributed by atoms with Gasteiger partial charge in [0.2, 0.25) is 5.89 Å². The van der Waals surface area contributed by atoms with Crippen LogP contribution in [0.15, 0.2) is 16.8 Å². The fraction of sp³-hybridized carbons (Fsp3) is 0.273. The molecule has 2 rings (SSSR count). The van der Waals surface area contributed by atoms with E-state index in [1.165, 1.54) is 19.4 Å². The van der Waals surface area contributed by atoms with Crippen LogP contribution in [0.25, 0.3) is 0 Å². The summed E-state index contributed by atoms with van der Waals surface area (Å²) in [5.41, 5.74) is 6.15. The smallest absolute Gasteiger partial charge is 0.340 e. The van der Waals surface area contributed by atoms with Gasteiger partial charge in [0, 0.05) is 0 Å². The molecule has 19 heavy (non-hydrogen) atoms. The quantitative estimate of drug-likeness (QED) is 0.776. The van der Waals surface area contributed by atoms with Crippen molar-refractivity contribution in [1.29, 1.82) is 0 Å². The van der Waals surface area contributed by atoms with Crippen molar-refractivity contribution in [2.24, 2.45) is 0 Å². The number of carbonyl (C=O) groups is 1. The standard InChI is InChI=1S/C11H13N5O3/c1-6-15-10(19-16-6)5-14-9-3-7(11(17)18-2)8(12)4-13-9/h3-4H,5,12H2,1-2H3,(H,13,14). The number of nitrogen functional groups attached to an aromatic ring is 1. The lowest BCUT2D eigenvalue weighted by Gasteiger charge is -2.07. The van der Waals surface area contributed by atoms with Crippen LogP contribution in [0, 0.1) is 6.92 Å². The minimum atomic E-state index is -0.517. The lowest BCUT2D eigenvalue weighted by atomic mass is 10.2. The summed E-state index contributed by atoms with van der Waals surface area (Å²) in [5, 5.41) is 6.61. The number of aryl methyl sites for hydroxylation is 1. The van der Waals surface area contributed by atoms with Crippen molar-refractivity contribution in [2.75, 3.05) is 18.2 Å². The molecule has 2 heterocycles. The van der Waals surface area contributed by atoms with Crippen LogP contribution in [0.5, 0.6) is 0 Å². The van der Waals surface area contributed by atoms with Gasteiger partial charge in [0.1, 0.15) is 5.82 Å². The monoisotopic (exact) mass is 263 g/mol. The first-order valence-electron chi connectivity index (χ1n) is 5.47. The lowest BCUT2D eigenvalue weighted by Crippen LogP contribution is -2.09. The van der Waals surface area contributed by atoms with E-state index in [9.17, 15) is 4.79 Å². The molecule has 0 bridgehead atoms. The molecule has 0 aliphatic heterocycles. The number of nitrogens with zero attached hydrogens (tertiary/aromatic N) is 3. The van der Waals surface area contributed by atoms with Gasteiger partial charge in [-0.05, 0) is 13.0 Å². The summed E-state index contributed by atoms with van der Waals surface area (Å²) in [4.78, 5) is 19.5. The molecule has 100 valence electrons. The van der Waals surface area contributed by atoms with E-state index in [2.05, 4.69) is 25.2 Å². The van der Waals surface area contributed by atoms with Crippen molar-refractivity contribution in [3.05, 3.63) is 29.5 Å². The fourth-order valence-electron chi connectivity index (χ4n) is 1.43. The van der Waals surface area contributed by atoms with Crippen molar-refractivity contribution in [3.63, 3.8) is 0 Å². The molecular formula is C11H13N5O3. The summed E-state index contributed by atoms with van der Waals surface area (Å²) in [7, 11) is 1.29. The second-order valence-corrected chi connectivity index (χ2v) is 3.74. The number of carbonyl (C=O) groups excluding carboxylic acids is 1. The average Bonchev–Trinajstić information content (AvgIpc) is 2.83. The predicted molar refractivity (Wildman–Crippen MR) is 66.4 cm³/mol. The molecule has 0 unspecified atom stereocenters. The van der Waals surface area contributed by atoms with Gasteiger partial charge in [0.25, 0.3) is 0 Å². The lowest BCUT2D eigenvalue weighted by molar-refractivity contribution is 0.0602. The van der Waals surface area contributed by atoms with Crippen LogP contribution >= 0.6 is 0 Å². The van der Waals surface area contributed by atoms with Crippen LogP contribution in [0.4, 0.5) is 11.5 Å². The number of aromatic nitrogens is 3. The Bertz CT molecular complexity index is 596. The third kappa shape index (κ3) is 2.97. The highest BCUT2D eigenvalue weighted by atomic mass is 16.5. The van der Waals surface area contributed by atoms with Gasteiger partial charge in [-0.25, -0.2) is 9.78 Å². The van der Waals surface area contributed by atoms with Crippen LogP contribution in [0.3, 0.4) is 0 Å². The molecular weight excluding hydrogens is 250 g/mol. The zero-order valence-corrected chi connectivity index (χ0v) is 10.5. The Kier molecular flexibility index (Phi) is 3.60. The van der Waals surface area contributed by atoms with E-state index in [-0.39, 0.29) is 11.3 Å². The van der Waals surface area contributed by atoms with Gasteiger partial charge in [-0.1, -0.05) is 5.16 Å². The van der Waals surface area contributed by atoms with E-state index < -0.39 is 5.97 Å². The first kappa shape index (κ1) is 12.8. The van der Waals surface area contributed by atoms with Gasteiger partial charge < -0.3 is 20.3 Å². The van der Waals surface area contributed by atoms with Crippen molar-refractivity contribution < 1.29 is 14.1 Å². The molecule has 8 nitrogen and oxygen atoms in total. The predicted octanol–water partition coefficient (Wildman–Crippen LogP) is 0.754. The highest BCUT2D eigenvalue weighted by Crippen LogP contribution is 2.16. The number of nitrogens with two attached hydrogens (primary N) is 1. The maximum absolute atomic E-state index is 11.5. The molecule has 2 aromatic rings. The van der Waals surface area contributed by atoms with Gasteiger partial charge in [0.05, 0.1) is 31.1 Å².